The Morgan fingerprint density at radius 2 is 1.00 bits per heavy atom. The lowest BCUT2D eigenvalue weighted by Crippen LogP contribution is -2.25. The van der Waals surface area contributed by atoms with Gasteiger partial charge in [0, 0.05) is 23.7 Å². The van der Waals surface area contributed by atoms with Crippen LogP contribution in [-0.4, -0.2) is 5.97 Å². The highest BCUT2D eigenvalue weighted by atomic mass is 16.4. The Morgan fingerprint density at radius 3 is 1.23 bits per heavy atom. The monoisotopic (exact) mass is 349 g/mol. The maximum Gasteiger partial charge on any atom is 0.0457 e. The van der Waals surface area contributed by atoms with Crippen molar-refractivity contribution in [3.63, 3.8) is 0 Å². The Hall–Kier alpha value is -2.09. The summed E-state index contributed by atoms with van der Waals surface area (Å²) in [6.45, 7) is 13.1. The van der Waals surface area contributed by atoms with Gasteiger partial charge in [0.25, 0.3) is 0 Å². The number of hydrogen-bond acceptors (Lipinski definition) is 2. The third-order valence-electron chi connectivity index (χ3n) is 5.62. The van der Waals surface area contributed by atoms with Crippen LogP contribution in [0.1, 0.15) is 75.6 Å². The minimum absolute atomic E-state index is 0.00880. The number of benzene rings is 2. The SMILES string of the molecule is CC(C)(C)c1ccc([C@H]2C(C(=O)[O-])[C@@H]2c2ccc(C(C)(C)C)cc2)cc1. The van der Waals surface area contributed by atoms with E-state index in [1.165, 1.54) is 11.1 Å². The average Bonchev–Trinajstić information content (AvgIpc) is 3.29. The summed E-state index contributed by atoms with van der Waals surface area (Å²) in [6, 6.07) is 16.9. The number of carbonyl (C=O) groups is 1. The molecular formula is C24H29O2-. The van der Waals surface area contributed by atoms with E-state index in [9.17, 15) is 9.90 Å². The fourth-order valence-corrected chi connectivity index (χ4v) is 3.84. The molecule has 0 bridgehead atoms. The number of hydrogen-bond donors (Lipinski definition) is 0. The first-order chi connectivity index (χ1) is 12.0. The van der Waals surface area contributed by atoms with Gasteiger partial charge in [-0.05, 0) is 33.1 Å². The number of carboxylic acids is 1. The van der Waals surface area contributed by atoms with Crippen LogP contribution in [0, 0.1) is 5.92 Å². The summed E-state index contributed by atoms with van der Waals surface area (Å²) in [4.78, 5) is 11.7. The van der Waals surface area contributed by atoms with Gasteiger partial charge in [-0.3, -0.25) is 0 Å². The van der Waals surface area contributed by atoms with E-state index in [0.717, 1.165) is 11.1 Å². The van der Waals surface area contributed by atoms with Gasteiger partial charge in [0.2, 0.25) is 0 Å². The predicted molar refractivity (Wildman–Crippen MR) is 104 cm³/mol. The van der Waals surface area contributed by atoms with Crippen LogP contribution in [0.2, 0.25) is 0 Å². The third kappa shape index (κ3) is 3.56. The summed E-state index contributed by atoms with van der Waals surface area (Å²) in [6.07, 6.45) is 0. The highest BCUT2D eigenvalue weighted by Crippen LogP contribution is 2.60. The first-order valence-electron chi connectivity index (χ1n) is 9.42. The van der Waals surface area contributed by atoms with E-state index in [1.54, 1.807) is 0 Å². The van der Waals surface area contributed by atoms with Crippen molar-refractivity contribution in [2.24, 2.45) is 5.92 Å². The van der Waals surface area contributed by atoms with E-state index in [1.807, 2.05) is 0 Å². The molecule has 0 aromatic heterocycles. The van der Waals surface area contributed by atoms with Crippen LogP contribution in [0.25, 0.3) is 0 Å². The van der Waals surface area contributed by atoms with Crippen molar-refractivity contribution in [3.8, 4) is 0 Å². The maximum absolute atomic E-state index is 11.7. The third-order valence-corrected chi connectivity index (χ3v) is 5.62. The predicted octanol–water partition coefficient (Wildman–Crippen LogP) is 4.53. The Bertz CT molecular complexity index is 723. The molecule has 3 rings (SSSR count). The van der Waals surface area contributed by atoms with Crippen LogP contribution in [0.3, 0.4) is 0 Å². The molecule has 2 heteroatoms. The lowest BCUT2D eigenvalue weighted by Gasteiger charge is -2.19. The van der Waals surface area contributed by atoms with Gasteiger partial charge in [0.1, 0.15) is 0 Å². The van der Waals surface area contributed by atoms with Gasteiger partial charge in [-0.1, -0.05) is 90.1 Å². The molecule has 2 atom stereocenters. The van der Waals surface area contributed by atoms with Crippen molar-refractivity contribution in [3.05, 3.63) is 70.8 Å². The molecule has 0 unspecified atom stereocenters. The summed E-state index contributed by atoms with van der Waals surface area (Å²) < 4.78 is 0. The van der Waals surface area contributed by atoms with E-state index >= 15 is 0 Å². The molecule has 0 radical (unpaired) electrons. The molecule has 0 spiro atoms. The van der Waals surface area contributed by atoms with Crippen molar-refractivity contribution < 1.29 is 9.90 Å². The molecule has 0 saturated heterocycles. The second kappa shape index (κ2) is 6.26. The topological polar surface area (TPSA) is 40.1 Å². The van der Waals surface area contributed by atoms with E-state index in [4.69, 9.17) is 0 Å². The summed E-state index contributed by atoms with van der Waals surface area (Å²) in [5.74, 6) is -1.36. The molecule has 0 amide bonds. The molecule has 138 valence electrons. The van der Waals surface area contributed by atoms with Gasteiger partial charge >= 0.3 is 0 Å². The van der Waals surface area contributed by atoms with Crippen LogP contribution in [0.5, 0.6) is 0 Å². The van der Waals surface area contributed by atoms with Gasteiger partial charge in [-0.25, -0.2) is 0 Å². The van der Waals surface area contributed by atoms with Crippen molar-refractivity contribution in [1.29, 1.82) is 0 Å². The minimum Gasteiger partial charge on any atom is -0.550 e. The van der Waals surface area contributed by atoms with E-state index in [-0.39, 0.29) is 22.7 Å². The zero-order chi connectivity index (χ0) is 19.3. The molecular weight excluding hydrogens is 320 g/mol. The molecule has 1 aliphatic carbocycles. The summed E-state index contributed by atoms with van der Waals surface area (Å²) in [5.41, 5.74) is 4.90. The largest absolute Gasteiger partial charge is 0.550 e. The first kappa shape index (κ1) is 18.7. The van der Waals surface area contributed by atoms with Crippen LogP contribution >= 0.6 is 0 Å². The van der Waals surface area contributed by atoms with Gasteiger partial charge in [-0.2, -0.15) is 0 Å². The van der Waals surface area contributed by atoms with E-state index in [2.05, 4.69) is 90.1 Å². The maximum atomic E-state index is 11.7. The molecule has 2 aromatic carbocycles. The van der Waals surface area contributed by atoms with Gasteiger partial charge in [0.05, 0.1) is 0 Å². The van der Waals surface area contributed by atoms with E-state index < -0.39 is 11.9 Å². The minimum atomic E-state index is -0.945. The number of rotatable bonds is 3. The van der Waals surface area contributed by atoms with Crippen molar-refractivity contribution >= 4 is 5.97 Å². The molecule has 1 aliphatic rings. The molecule has 0 aliphatic heterocycles. The standard InChI is InChI=1S/C24H30O2/c1-23(2,3)17-11-7-15(8-12-17)19-20(21(19)22(25)26)16-9-13-18(14-10-16)24(4,5)6/h7-14,19-21H,1-6H3,(H,25,26)/p-1/t19-,20-/m1/s1. The van der Waals surface area contributed by atoms with Crippen LogP contribution in [-0.2, 0) is 15.6 Å². The van der Waals surface area contributed by atoms with Gasteiger partial charge in [-0.15, -0.1) is 0 Å². The summed E-state index contributed by atoms with van der Waals surface area (Å²) >= 11 is 0. The fraction of sp³-hybridized carbons (Fsp3) is 0.458. The Kier molecular flexibility index (Phi) is 4.50. The molecule has 2 nitrogen and oxygen atoms in total. The quantitative estimate of drug-likeness (QED) is 0.817. The molecule has 26 heavy (non-hydrogen) atoms. The molecule has 0 N–H and O–H groups in total. The lowest BCUT2D eigenvalue weighted by atomic mass is 9.86. The number of aliphatic carboxylic acids is 1. The second-order valence-electron chi connectivity index (χ2n) is 9.64. The fourth-order valence-electron chi connectivity index (χ4n) is 3.84. The molecule has 1 saturated carbocycles. The summed E-state index contributed by atoms with van der Waals surface area (Å²) in [5, 5.41) is 11.7. The second-order valence-corrected chi connectivity index (χ2v) is 9.64. The van der Waals surface area contributed by atoms with E-state index in [0.29, 0.717) is 0 Å². The molecule has 0 heterocycles. The zero-order valence-corrected chi connectivity index (χ0v) is 16.7. The zero-order valence-electron chi connectivity index (χ0n) is 16.7. The summed E-state index contributed by atoms with van der Waals surface area (Å²) in [7, 11) is 0. The smallest absolute Gasteiger partial charge is 0.0457 e. The number of carboxylic acid groups (broad SMARTS) is 1. The lowest BCUT2D eigenvalue weighted by molar-refractivity contribution is -0.308. The van der Waals surface area contributed by atoms with Crippen molar-refractivity contribution in [2.75, 3.05) is 0 Å². The Labute approximate surface area is 157 Å². The highest BCUT2D eigenvalue weighted by molar-refractivity contribution is 5.76. The van der Waals surface area contributed by atoms with Crippen LogP contribution in [0.15, 0.2) is 48.5 Å². The number of carbonyl (C=O) groups excluding carboxylic acids is 1. The Morgan fingerprint density at radius 1 is 0.692 bits per heavy atom. The average molecular weight is 349 g/mol. The van der Waals surface area contributed by atoms with Crippen LogP contribution < -0.4 is 5.11 Å². The molecule has 1 fully saturated rings. The van der Waals surface area contributed by atoms with Crippen molar-refractivity contribution in [1.82, 2.24) is 0 Å². The van der Waals surface area contributed by atoms with Crippen LogP contribution in [0.4, 0.5) is 0 Å². The van der Waals surface area contributed by atoms with Crippen molar-refractivity contribution in [2.45, 2.75) is 64.2 Å². The normalized spacial score (nSPS) is 22.9. The Balaban J connectivity index is 1.87. The first-order valence-corrected chi connectivity index (χ1v) is 9.42. The highest BCUT2D eigenvalue weighted by Gasteiger charge is 2.52. The van der Waals surface area contributed by atoms with Gasteiger partial charge in [0.15, 0.2) is 0 Å². The van der Waals surface area contributed by atoms with Gasteiger partial charge < -0.3 is 9.90 Å². The molecule has 2 aromatic rings.